The molecule has 4 aliphatic carbocycles. The van der Waals surface area contributed by atoms with Gasteiger partial charge in [0.25, 0.3) is 0 Å². The van der Waals surface area contributed by atoms with E-state index in [1.807, 2.05) is 6.20 Å². The van der Waals surface area contributed by atoms with E-state index in [4.69, 9.17) is 12.2 Å². The van der Waals surface area contributed by atoms with E-state index in [0.29, 0.717) is 12.0 Å². The largest absolute Gasteiger partial charge is 0.357 e. The van der Waals surface area contributed by atoms with Crippen molar-refractivity contribution in [3.05, 3.63) is 54.7 Å². The lowest BCUT2D eigenvalue weighted by molar-refractivity contribution is -0.0113. The zero-order chi connectivity index (χ0) is 23.6. The van der Waals surface area contributed by atoms with Gasteiger partial charge in [-0.05, 0) is 117 Å². The number of benzene rings is 1. The first-order valence-electron chi connectivity index (χ1n) is 13.9. The third kappa shape index (κ3) is 3.90. The lowest BCUT2D eigenvalue weighted by Gasteiger charge is -2.57. The first kappa shape index (κ1) is 22.2. The predicted molar refractivity (Wildman–Crippen MR) is 146 cm³/mol. The minimum atomic E-state index is 0.158. The third-order valence-electron chi connectivity index (χ3n) is 10.3. The van der Waals surface area contributed by atoms with E-state index in [2.05, 4.69) is 63.5 Å². The van der Waals surface area contributed by atoms with Crippen LogP contribution in [0.5, 0.6) is 0 Å². The quantitative estimate of drug-likeness (QED) is 0.425. The van der Waals surface area contributed by atoms with Crippen molar-refractivity contribution in [1.82, 2.24) is 20.5 Å². The first-order valence-corrected chi connectivity index (χ1v) is 14.3. The van der Waals surface area contributed by atoms with E-state index in [9.17, 15) is 0 Å². The molecule has 7 fully saturated rings. The van der Waals surface area contributed by atoms with Gasteiger partial charge in [0.1, 0.15) is 0 Å². The summed E-state index contributed by atoms with van der Waals surface area (Å²) in [6.07, 6.45) is 14.9. The first-order chi connectivity index (χ1) is 17.1. The number of para-hydroxylation sites is 1. The molecule has 0 radical (unpaired) electrons. The van der Waals surface area contributed by atoms with Gasteiger partial charge in [0.2, 0.25) is 0 Å². The molecule has 0 spiro atoms. The molecular formula is C30H38N4S. The molecule has 0 amide bonds. The molecular weight excluding hydrogens is 448 g/mol. The van der Waals surface area contributed by atoms with Crippen molar-refractivity contribution < 1.29 is 0 Å². The summed E-state index contributed by atoms with van der Waals surface area (Å²) < 4.78 is 0. The molecule has 1 unspecified atom stereocenters. The number of pyridine rings is 1. The summed E-state index contributed by atoms with van der Waals surface area (Å²) in [6.45, 7) is 6.44. The number of rotatable bonds is 5. The van der Waals surface area contributed by atoms with Crippen LogP contribution in [0.3, 0.4) is 0 Å². The predicted octanol–water partition coefficient (Wildman–Crippen LogP) is 5.61. The number of thiocarbonyl (C=S) groups is 1. The average Bonchev–Trinajstić information content (AvgIpc) is 2.86. The van der Waals surface area contributed by atoms with E-state index in [1.54, 1.807) is 0 Å². The molecule has 5 heteroatoms. The molecule has 4 saturated carbocycles. The second-order valence-corrected chi connectivity index (χ2v) is 12.8. The van der Waals surface area contributed by atoms with E-state index >= 15 is 0 Å². The molecule has 3 aliphatic heterocycles. The van der Waals surface area contributed by atoms with Crippen LogP contribution in [0.25, 0.3) is 10.9 Å². The highest BCUT2D eigenvalue weighted by atomic mass is 32.1. The SMILES string of the molecule is C=C[C@@H]1CN2CC[C@@H]1C[C@@H]2[C@@H](NC(=S)NC12CC3CC(CC(C3)C1)C2)c1ccnc2ccccc12. The summed E-state index contributed by atoms with van der Waals surface area (Å²) >= 11 is 6.12. The lowest BCUT2D eigenvalue weighted by atomic mass is 9.53. The summed E-state index contributed by atoms with van der Waals surface area (Å²) in [6, 6.07) is 11.4. The van der Waals surface area contributed by atoms with Gasteiger partial charge in [-0.3, -0.25) is 9.88 Å². The standard InChI is InChI=1S/C30H38N4S/c1-2-22-18-34-10-8-23(22)14-27(34)28(25-7-9-31-26-6-4-3-5-24(25)26)32-29(35)33-30-15-19-11-20(16-30)13-21(12-19)17-30/h2-7,9,19-23,27-28H,1,8,10-18H2,(H2,32,33,35)/t19?,20?,21?,22-,23-,27-,28+,30?/m1/s1. The minimum absolute atomic E-state index is 0.158. The van der Waals surface area contributed by atoms with Crippen molar-refractivity contribution in [2.75, 3.05) is 13.1 Å². The van der Waals surface area contributed by atoms with E-state index in [1.165, 1.54) is 68.9 Å². The summed E-state index contributed by atoms with van der Waals surface area (Å²) in [5.74, 6) is 4.07. The lowest BCUT2D eigenvalue weighted by Crippen LogP contribution is -2.63. The molecule has 184 valence electrons. The number of fused-ring (bicyclic) bond motifs is 4. The van der Waals surface area contributed by atoms with E-state index in [0.717, 1.165) is 40.8 Å². The Labute approximate surface area is 214 Å². The van der Waals surface area contributed by atoms with Crippen LogP contribution in [-0.4, -0.2) is 39.7 Å². The molecule has 4 nitrogen and oxygen atoms in total. The fourth-order valence-electron chi connectivity index (χ4n) is 9.18. The Kier molecular flexibility index (Phi) is 5.43. The van der Waals surface area contributed by atoms with Crippen LogP contribution >= 0.6 is 12.2 Å². The van der Waals surface area contributed by atoms with Crippen LogP contribution in [0.2, 0.25) is 0 Å². The van der Waals surface area contributed by atoms with Crippen molar-refractivity contribution in [3.8, 4) is 0 Å². The maximum atomic E-state index is 6.12. The van der Waals surface area contributed by atoms with Crippen molar-refractivity contribution in [2.45, 2.75) is 69.0 Å². The third-order valence-corrected chi connectivity index (χ3v) is 10.5. The summed E-state index contributed by atoms with van der Waals surface area (Å²) in [7, 11) is 0. The molecule has 9 rings (SSSR count). The Morgan fingerprint density at radius 1 is 1.09 bits per heavy atom. The van der Waals surface area contributed by atoms with Crippen LogP contribution < -0.4 is 10.6 Å². The van der Waals surface area contributed by atoms with E-state index < -0.39 is 0 Å². The maximum absolute atomic E-state index is 6.12. The summed E-state index contributed by atoms with van der Waals surface area (Å²) in [5, 5.41) is 9.96. The van der Waals surface area contributed by atoms with Crippen LogP contribution in [0.15, 0.2) is 49.2 Å². The van der Waals surface area contributed by atoms with Crippen molar-refractivity contribution in [3.63, 3.8) is 0 Å². The van der Waals surface area contributed by atoms with Gasteiger partial charge in [-0.15, -0.1) is 6.58 Å². The zero-order valence-electron chi connectivity index (χ0n) is 20.7. The Balaban J connectivity index is 1.19. The molecule has 1 aromatic carbocycles. The fourth-order valence-corrected chi connectivity index (χ4v) is 9.52. The molecule has 7 aliphatic rings. The highest BCUT2D eigenvalue weighted by Crippen LogP contribution is 2.55. The average molecular weight is 487 g/mol. The molecule has 1 aromatic heterocycles. The second kappa shape index (κ2) is 8.55. The Hall–Kier alpha value is -1.98. The van der Waals surface area contributed by atoms with Gasteiger partial charge in [-0.1, -0.05) is 24.3 Å². The van der Waals surface area contributed by atoms with Crippen LogP contribution in [0, 0.1) is 29.6 Å². The smallest absolute Gasteiger partial charge is 0.167 e. The molecule has 35 heavy (non-hydrogen) atoms. The molecule has 5 atom stereocenters. The van der Waals surface area contributed by atoms with Crippen LogP contribution in [-0.2, 0) is 0 Å². The molecule has 4 heterocycles. The molecule has 6 bridgehead atoms. The Morgan fingerprint density at radius 2 is 1.83 bits per heavy atom. The van der Waals surface area contributed by atoms with Crippen LogP contribution in [0.1, 0.15) is 63.0 Å². The Morgan fingerprint density at radius 3 is 2.51 bits per heavy atom. The number of nitrogens with zero attached hydrogens (tertiary/aromatic N) is 2. The van der Waals surface area contributed by atoms with Gasteiger partial charge in [0.15, 0.2) is 5.11 Å². The van der Waals surface area contributed by atoms with E-state index in [-0.39, 0.29) is 11.6 Å². The second-order valence-electron chi connectivity index (χ2n) is 12.4. The number of nitrogens with one attached hydrogen (secondary N) is 2. The number of hydrogen-bond acceptors (Lipinski definition) is 3. The number of hydrogen-bond donors (Lipinski definition) is 2. The topological polar surface area (TPSA) is 40.2 Å². The number of aromatic nitrogens is 1. The molecule has 2 aromatic rings. The normalized spacial score (nSPS) is 39.9. The monoisotopic (exact) mass is 486 g/mol. The zero-order valence-corrected chi connectivity index (χ0v) is 21.5. The van der Waals surface area contributed by atoms with Crippen molar-refractivity contribution >= 4 is 28.2 Å². The fraction of sp³-hybridized carbons (Fsp3) is 0.600. The van der Waals surface area contributed by atoms with Gasteiger partial charge in [0.05, 0.1) is 11.6 Å². The van der Waals surface area contributed by atoms with Gasteiger partial charge in [-0.25, -0.2) is 0 Å². The van der Waals surface area contributed by atoms with Gasteiger partial charge < -0.3 is 10.6 Å². The highest BCUT2D eigenvalue weighted by Gasteiger charge is 2.51. The van der Waals surface area contributed by atoms with Crippen molar-refractivity contribution in [2.24, 2.45) is 29.6 Å². The van der Waals surface area contributed by atoms with Crippen LogP contribution in [0.4, 0.5) is 0 Å². The molecule has 2 N–H and O–H groups in total. The molecule has 3 saturated heterocycles. The van der Waals surface area contributed by atoms with Crippen molar-refractivity contribution in [1.29, 1.82) is 0 Å². The highest BCUT2D eigenvalue weighted by molar-refractivity contribution is 7.80. The Bertz CT molecular complexity index is 1100. The minimum Gasteiger partial charge on any atom is -0.357 e. The maximum Gasteiger partial charge on any atom is 0.167 e. The summed E-state index contributed by atoms with van der Waals surface area (Å²) in [5.41, 5.74) is 2.62. The van der Waals surface area contributed by atoms with Gasteiger partial charge in [0, 0.05) is 29.7 Å². The number of piperidine rings is 3. The summed E-state index contributed by atoms with van der Waals surface area (Å²) in [4.78, 5) is 7.37. The van der Waals surface area contributed by atoms with Gasteiger partial charge >= 0.3 is 0 Å². The van der Waals surface area contributed by atoms with Gasteiger partial charge in [-0.2, -0.15) is 0 Å².